The molecule has 1 aliphatic carbocycles. The molecule has 1 aliphatic heterocycles. The van der Waals surface area contributed by atoms with E-state index in [2.05, 4.69) is 0 Å². The number of methoxy groups -OCH3 is 2. The topological polar surface area (TPSA) is 78.9 Å². The number of carbonyl (C=O) groups excluding carboxylic acids is 1. The van der Waals surface area contributed by atoms with E-state index >= 15 is 0 Å². The van der Waals surface area contributed by atoms with Gasteiger partial charge >= 0.3 is 10.1 Å². The number of ether oxygens (including phenoxy) is 2. The third kappa shape index (κ3) is 1.81. The first-order chi connectivity index (χ1) is 11.5. The van der Waals surface area contributed by atoms with Gasteiger partial charge in [0, 0.05) is 22.8 Å². The van der Waals surface area contributed by atoms with E-state index in [1.165, 1.54) is 26.4 Å². The molecule has 0 saturated carbocycles. The SMILES string of the molecule is COc1cc2c(cc1OC)S(=O)(=O)OC1=C2C(=O)c2ccccc21. The molecule has 0 saturated heterocycles. The molecule has 122 valence electrons. The average Bonchev–Trinajstić information content (AvgIpc) is 2.86. The molecular weight excluding hydrogens is 332 g/mol. The maximum atomic E-state index is 12.8. The summed E-state index contributed by atoms with van der Waals surface area (Å²) in [5, 5.41) is 0. The zero-order chi connectivity index (χ0) is 17.1. The summed E-state index contributed by atoms with van der Waals surface area (Å²) in [4.78, 5) is 12.6. The molecule has 0 atom stereocenters. The van der Waals surface area contributed by atoms with Crippen molar-refractivity contribution in [3.8, 4) is 11.5 Å². The van der Waals surface area contributed by atoms with Gasteiger partial charge in [-0.3, -0.25) is 4.79 Å². The van der Waals surface area contributed by atoms with E-state index in [0.717, 1.165) is 0 Å². The molecule has 1 heterocycles. The lowest BCUT2D eigenvalue weighted by atomic mass is 10.0. The van der Waals surface area contributed by atoms with Gasteiger partial charge in [-0.1, -0.05) is 24.3 Å². The standard InChI is InChI=1S/C17H12O6S/c1-21-12-7-11-14(8-13(12)22-2)24(19,20)23-17-10-6-4-3-5-9(10)16(18)15(11)17/h3-8H,1-2H3. The molecule has 4 rings (SSSR count). The first-order valence-electron chi connectivity index (χ1n) is 7.07. The van der Waals surface area contributed by atoms with Crippen molar-refractivity contribution in [1.82, 2.24) is 0 Å². The molecule has 0 N–H and O–H groups in total. The van der Waals surface area contributed by atoms with Crippen LogP contribution in [0.1, 0.15) is 21.5 Å². The fourth-order valence-corrected chi connectivity index (χ4v) is 4.16. The molecule has 2 aromatic rings. The Morgan fingerprint density at radius 1 is 0.917 bits per heavy atom. The Hall–Kier alpha value is -2.80. The Bertz CT molecular complexity index is 1030. The van der Waals surface area contributed by atoms with Gasteiger partial charge in [0.1, 0.15) is 4.90 Å². The van der Waals surface area contributed by atoms with Crippen LogP contribution in [-0.2, 0) is 14.3 Å². The van der Waals surface area contributed by atoms with Crippen molar-refractivity contribution in [3.63, 3.8) is 0 Å². The number of benzene rings is 2. The van der Waals surface area contributed by atoms with Gasteiger partial charge in [-0.15, -0.1) is 0 Å². The van der Waals surface area contributed by atoms with E-state index in [0.29, 0.717) is 16.9 Å². The Labute approximate surface area is 138 Å². The molecule has 0 unspecified atom stereocenters. The van der Waals surface area contributed by atoms with Crippen molar-refractivity contribution in [2.75, 3.05) is 14.2 Å². The first kappa shape index (κ1) is 14.8. The number of allylic oxidation sites excluding steroid dienone is 1. The zero-order valence-electron chi connectivity index (χ0n) is 12.8. The summed E-state index contributed by atoms with van der Waals surface area (Å²) >= 11 is 0. The van der Waals surface area contributed by atoms with Crippen molar-refractivity contribution in [1.29, 1.82) is 0 Å². The zero-order valence-corrected chi connectivity index (χ0v) is 13.6. The minimum atomic E-state index is -4.07. The minimum Gasteiger partial charge on any atom is -0.493 e. The molecule has 0 aromatic heterocycles. The van der Waals surface area contributed by atoms with Gasteiger partial charge in [-0.25, -0.2) is 0 Å². The lowest BCUT2D eigenvalue weighted by Gasteiger charge is -2.20. The highest BCUT2D eigenvalue weighted by atomic mass is 32.2. The molecule has 2 aliphatic rings. The Balaban J connectivity index is 2.07. The van der Waals surface area contributed by atoms with Gasteiger partial charge in [0.25, 0.3) is 0 Å². The van der Waals surface area contributed by atoms with Gasteiger partial charge in [-0.05, 0) is 6.07 Å². The van der Waals surface area contributed by atoms with E-state index < -0.39 is 10.1 Å². The quantitative estimate of drug-likeness (QED) is 0.779. The number of hydrogen-bond acceptors (Lipinski definition) is 6. The lowest BCUT2D eigenvalue weighted by Crippen LogP contribution is -2.15. The summed E-state index contributed by atoms with van der Waals surface area (Å²) < 4.78 is 40.7. The van der Waals surface area contributed by atoms with Crippen LogP contribution in [0.25, 0.3) is 11.3 Å². The van der Waals surface area contributed by atoms with Crippen LogP contribution in [-0.4, -0.2) is 28.4 Å². The van der Waals surface area contributed by atoms with Crippen molar-refractivity contribution in [2.24, 2.45) is 0 Å². The fourth-order valence-electron chi connectivity index (χ4n) is 3.00. The highest BCUT2D eigenvalue weighted by molar-refractivity contribution is 7.87. The van der Waals surface area contributed by atoms with E-state index in [1.807, 2.05) is 0 Å². The van der Waals surface area contributed by atoms with Gasteiger partial charge in [0.15, 0.2) is 23.0 Å². The monoisotopic (exact) mass is 344 g/mol. The number of fused-ring (bicyclic) bond motifs is 4. The van der Waals surface area contributed by atoms with Crippen LogP contribution in [0.2, 0.25) is 0 Å². The number of hydrogen-bond donors (Lipinski definition) is 0. The van der Waals surface area contributed by atoms with Crippen molar-refractivity contribution in [2.45, 2.75) is 4.90 Å². The maximum Gasteiger partial charge on any atom is 0.340 e. The summed E-state index contributed by atoms with van der Waals surface area (Å²) in [6.45, 7) is 0. The van der Waals surface area contributed by atoms with E-state index in [1.54, 1.807) is 24.3 Å². The van der Waals surface area contributed by atoms with E-state index in [4.69, 9.17) is 13.7 Å². The average molecular weight is 344 g/mol. The highest BCUT2D eigenvalue weighted by Crippen LogP contribution is 2.48. The molecule has 0 spiro atoms. The molecule has 0 radical (unpaired) electrons. The second-order valence-electron chi connectivity index (χ2n) is 5.32. The largest absolute Gasteiger partial charge is 0.493 e. The van der Waals surface area contributed by atoms with Crippen LogP contribution in [0.15, 0.2) is 41.3 Å². The molecule has 0 bridgehead atoms. The number of rotatable bonds is 2. The number of ketones is 1. The van der Waals surface area contributed by atoms with Gasteiger partial charge < -0.3 is 13.7 Å². The second kappa shape index (κ2) is 4.85. The van der Waals surface area contributed by atoms with Crippen molar-refractivity contribution in [3.05, 3.63) is 53.1 Å². The first-order valence-corrected chi connectivity index (χ1v) is 8.48. The third-order valence-corrected chi connectivity index (χ3v) is 5.35. The van der Waals surface area contributed by atoms with Crippen molar-refractivity contribution < 1.29 is 26.9 Å². The van der Waals surface area contributed by atoms with E-state index in [-0.39, 0.29) is 33.3 Å². The molecular formula is C17H12O6S. The summed E-state index contributed by atoms with van der Waals surface area (Å²) in [5.74, 6) is 0.374. The molecule has 7 heteroatoms. The number of carbonyl (C=O) groups is 1. The second-order valence-corrected chi connectivity index (χ2v) is 6.83. The van der Waals surface area contributed by atoms with E-state index in [9.17, 15) is 13.2 Å². The molecule has 0 fully saturated rings. The molecule has 0 amide bonds. The Morgan fingerprint density at radius 2 is 1.54 bits per heavy atom. The van der Waals surface area contributed by atoms with Gasteiger partial charge in [-0.2, -0.15) is 8.42 Å². The smallest absolute Gasteiger partial charge is 0.340 e. The van der Waals surface area contributed by atoms with Crippen LogP contribution in [0.4, 0.5) is 0 Å². The van der Waals surface area contributed by atoms with Gasteiger partial charge in [0.05, 0.1) is 19.8 Å². The maximum absolute atomic E-state index is 12.8. The summed E-state index contributed by atoms with van der Waals surface area (Å²) in [7, 11) is -1.22. The van der Waals surface area contributed by atoms with Crippen molar-refractivity contribution >= 4 is 27.2 Å². The Kier molecular flexibility index (Phi) is 2.98. The summed E-state index contributed by atoms with van der Waals surface area (Å²) in [5.41, 5.74) is 1.37. The molecule has 2 aromatic carbocycles. The fraction of sp³-hybridized carbons (Fsp3) is 0.118. The Morgan fingerprint density at radius 3 is 2.21 bits per heavy atom. The molecule has 24 heavy (non-hydrogen) atoms. The van der Waals surface area contributed by atoms with Crippen LogP contribution in [0, 0.1) is 0 Å². The highest BCUT2D eigenvalue weighted by Gasteiger charge is 2.42. The van der Waals surface area contributed by atoms with Crippen LogP contribution < -0.4 is 9.47 Å². The van der Waals surface area contributed by atoms with Crippen LogP contribution in [0.5, 0.6) is 11.5 Å². The van der Waals surface area contributed by atoms with Crippen LogP contribution in [0.3, 0.4) is 0 Å². The molecule has 6 nitrogen and oxygen atoms in total. The lowest BCUT2D eigenvalue weighted by molar-refractivity contribution is 0.105. The summed E-state index contributed by atoms with van der Waals surface area (Å²) in [6.07, 6.45) is 0. The predicted octanol–water partition coefficient (Wildman–Crippen LogP) is 2.49. The third-order valence-electron chi connectivity index (χ3n) is 4.09. The normalized spacial score (nSPS) is 16.8. The number of Topliss-reactive ketones (excluding diaryl/α,β-unsaturated/α-hetero) is 1. The minimum absolute atomic E-state index is 0.0651. The van der Waals surface area contributed by atoms with Crippen LogP contribution >= 0.6 is 0 Å². The summed E-state index contributed by atoms with van der Waals surface area (Å²) in [6, 6.07) is 9.56. The van der Waals surface area contributed by atoms with Gasteiger partial charge in [0.2, 0.25) is 0 Å². The predicted molar refractivity (Wildman–Crippen MR) is 85.4 cm³/mol.